The molecule has 0 aliphatic rings. The van der Waals surface area contributed by atoms with Crippen molar-refractivity contribution in [2.75, 3.05) is 5.32 Å². The standard InChI is InChI=1S/C17H11ClFN5O2S/c18-10-6-9(19)3-4-11(10)20-16(25)8-15-21-22-17(26)13-7-12(23-24(13)15)14-2-1-5-27-14/h1-7H,8H2,(H,20,25)(H,22,26). The predicted octanol–water partition coefficient (Wildman–Crippen LogP) is 3.12. The van der Waals surface area contributed by atoms with Crippen LogP contribution in [0.25, 0.3) is 16.1 Å². The maximum absolute atomic E-state index is 13.1. The van der Waals surface area contributed by atoms with Gasteiger partial charge in [-0.1, -0.05) is 17.7 Å². The Morgan fingerprint density at radius 3 is 2.93 bits per heavy atom. The Morgan fingerprint density at radius 2 is 2.19 bits per heavy atom. The lowest BCUT2D eigenvalue weighted by Crippen LogP contribution is -2.22. The number of hydrogen-bond donors (Lipinski definition) is 2. The SMILES string of the molecule is O=C(Cc1n[nH]c(=O)c2cc(-c3cccs3)nn12)Nc1ccc(F)cc1Cl. The highest BCUT2D eigenvalue weighted by Crippen LogP contribution is 2.24. The number of halogens is 2. The van der Waals surface area contributed by atoms with E-state index in [0.717, 1.165) is 10.9 Å². The minimum absolute atomic E-state index is 0.0852. The molecule has 7 nitrogen and oxygen atoms in total. The molecule has 0 unspecified atom stereocenters. The number of nitrogens with one attached hydrogen (secondary N) is 2. The number of aromatic amines is 1. The van der Waals surface area contributed by atoms with Crippen LogP contribution in [0.2, 0.25) is 5.02 Å². The molecule has 4 aromatic rings. The molecular formula is C17H11ClFN5O2S. The molecule has 0 fully saturated rings. The number of amides is 1. The Kier molecular flexibility index (Phi) is 4.46. The van der Waals surface area contributed by atoms with E-state index in [2.05, 4.69) is 20.6 Å². The number of anilines is 1. The van der Waals surface area contributed by atoms with Gasteiger partial charge in [-0.2, -0.15) is 10.2 Å². The van der Waals surface area contributed by atoms with Gasteiger partial charge in [-0.05, 0) is 35.7 Å². The Labute approximate surface area is 160 Å². The number of H-pyrrole nitrogens is 1. The lowest BCUT2D eigenvalue weighted by Gasteiger charge is -2.07. The fraction of sp³-hybridized carbons (Fsp3) is 0.0588. The molecule has 0 bridgehead atoms. The van der Waals surface area contributed by atoms with Gasteiger partial charge in [-0.25, -0.2) is 14.0 Å². The monoisotopic (exact) mass is 403 g/mol. The zero-order chi connectivity index (χ0) is 19.0. The van der Waals surface area contributed by atoms with Crippen molar-refractivity contribution in [3.05, 3.63) is 68.8 Å². The molecule has 0 saturated carbocycles. The Morgan fingerprint density at radius 1 is 1.33 bits per heavy atom. The van der Waals surface area contributed by atoms with Crippen LogP contribution in [0.15, 0.2) is 46.6 Å². The molecule has 0 aliphatic carbocycles. The fourth-order valence-corrected chi connectivity index (χ4v) is 3.44. The number of rotatable bonds is 4. The van der Waals surface area contributed by atoms with E-state index in [0.29, 0.717) is 5.69 Å². The highest BCUT2D eigenvalue weighted by atomic mass is 35.5. The Balaban J connectivity index is 1.64. The molecule has 0 spiro atoms. The van der Waals surface area contributed by atoms with Crippen LogP contribution in [0.5, 0.6) is 0 Å². The molecule has 0 aliphatic heterocycles. The molecule has 4 rings (SSSR count). The predicted molar refractivity (Wildman–Crippen MR) is 101 cm³/mol. The number of aromatic nitrogens is 4. The number of hydrogen-bond acceptors (Lipinski definition) is 5. The number of fused-ring (bicyclic) bond motifs is 1. The fourth-order valence-electron chi connectivity index (χ4n) is 2.55. The largest absolute Gasteiger partial charge is 0.324 e. The molecule has 0 saturated heterocycles. The van der Waals surface area contributed by atoms with Crippen LogP contribution >= 0.6 is 22.9 Å². The van der Waals surface area contributed by atoms with E-state index >= 15 is 0 Å². The minimum atomic E-state index is -0.500. The van der Waals surface area contributed by atoms with Crippen molar-refractivity contribution in [3.8, 4) is 10.6 Å². The molecule has 27 heavy (non-hydrogen) atoms. The maximum atomic E-state index is 13.1. The van der Waals surface area contributed by atoms with Crippen LogP contribution in [0.1, 0.15) is 5.82 Å². The van der Waals surface area contributed by atoms with Crippen LogP contribution in [-0.4, -0.2) is 25.7 Å². The summed E-state index contributed by atoms with van der Waals surface area (Å²) < 4.78 is 14.5. The molecule has 10 heteroatoms. The third-order valence-electron chi connectivity index (χ3n) is 3.77. The summed E-state index contributed by atoms with van der Waals surface area (Å²) in [6.07, 6.45) is -0.160. The minimum Gasteiger partial charge on any atom is -0.324 e. The summed E-state index contributed by atoms with van der Waals surface area (Å²) in [4.78, 5) is 25.3. The van der Waals surface area contributed by atoms with E-state index in [4.69, 9.17) is 11.6 Å². The van der Waals surface area contributed by atoms with Crippen molar-refractivity contribution in [1.29, 1.82) is 0 Å². The van der Waals surface area contributed by atoms with Crippen LogP contribution in [0, 0.1) is 5.82 Å². The van der Waals surface area contributed by atoms with Crippen molar-refractivity contribution in [2.45, 2.75) is 6.42 Å². The average Bonchev–Trinajstić information content (AvgIpc) is 3.29. The third-order valence-corrected chi connectivity index (χ3v) is 4.98. The Hall–Kier alpha value is -3.04. The molecular weight excluding hydrogens is 393 g/mol. The second-order valence-electron chi connectivity index (χ2n) is 5.62. The number of nitrogens with zero attached hydrogens (tertiary/aromatic N) is 3. The zero-order valence-corrected chi connectivity index (χ0v) is 15.1. The number of benzene rings is 1. The molecule has 2 N–H and O–H groups in total. The molecule has 3 aromatic heterocycles. The maximum Gasteiger partial charge on any atom is 0.290 e. The summed E-state index contributed by atoms with van der Waals surface area (Å²) in [6.45, 7) is 0. The van der Waals surface area contributed by atoms with Crippen molar-refractivity contribution in [1.82, 2.24) is 19.8 Å². The van der Waals surface area contributed by atoms with E-state index < -0.39 is 17.3 Å². The molecule has 0 radical (unpaired) electrons. The van der Waals surface area contributed by atoms with Gasteiger partial charge in [0.05, 0.1) is 22.0 Å². The summed E-state index contributed by atoms with van der Waals surface area (Å²) in [5.74, 6) is -0.680. The van der Waals surface area contributed by atoms with Gasteiger partial charge in [-0.15, -0.1) is 11.3 Å². The summed E-state index contributed by atoms with van der Waals surface area (Å²) >= 11 is 7.41. The van der Waals surface area contributed by atoms with Gasteiger partial charge in [-0.3, -0.25) is 9.59 Å². The van der Waals surface area contributed by atoms with Gasteiger partial charge in [0.25, 0.3) is 5.56 Å². The summed E-state index contributed by atoms with van der Waals surface area (Å²) in [5.41, 5.74) is 0.780. The normalized spacial score (nSPS) is 11.0. The first kappa shape index (κ1) is 17.4. The van der Waals surface area contributed by atoms with E-state index in [9.17, 15) is 14.0 Å². The summed E-state index contributed by atoms with van der Waals surface area (Å²) in [5, 5.41) is 15.3. The zero-order valence-electron chi connectivity index (χ0n) is 13.6. The topological polar surface area (TPSA) is 92.2 Å². The van der Waals surface area contributed by atoms with E-state index in [1.54, 1.807) is 6.07 Å². The molecule has 0 atom stereocenters. The van der Waals surface area contributed by atoms with Gasteiger partial charge in [0.1, 0.15) is 17.0 Å². The van der Waals surface area contributed by atoms with Crippen LogP contribution in [0.4, 0.5) is 10.1 Å². The quantitative estimate of drug-likeness (QED) is 0.547. The van der Waals surface area contributed by atoms with Crippen molar-refractivity contribution in [2.24, 2.45) is 0 Å². The lowest BCUT2D eigenvalue weighted by atomic mass is 10.3. The first-order valence-electron chi connectivity index (χ1n) is 7.77. The number of carbonyl (C=O) groups is 1. The molecule has 136 valence electrons. The number of thiophene rings is 1. The van der Waals surface area contributed by atoms with Gasteiger partial charge in [0.15, 0.2) is 5.82 Å². The molecule has 3 heterocycles. The van der Waals surface area contributed by atoms with Gasteiger partial charge in [0, 0.05) is 0 Å². The van der Waals surface area contributed by atoms with Gasteiger partial charge < -0.3 is 5.32 Å². The Bertz CT molecular complexity index is 1200. The second kappa shape index (κ2) is 6.93. The van der Waals surface area contributed by atoms with E-state index in [1.165, 1.54) is 28.0 Å². The first-order chi connectivity index (χ1) is 13.0. The highest BCUT2D eigenvalue weighted by molar-refractivity contribution is 7.13. The highest BCUT2D eigenvalue weighted by Gasteiger charge is 2.16. The van der Waals surface area contributed by atoms with Crippen molar-refractivity contribution < 1.29 is 9.18 Å². The third kappa shape index (κ3) is 3.46. The second-order valence-corrected chi connectivity index (χ2v) is 6.98. The van der Waals surface area contributed by atoms with Crippen LogP contribution in [0.3, 0.4) is 0 Å². The number of carbonyl (C=O) groups excluding carboxylic acids is 1. The first-order valence-corrected chi connectivity index (χ1v) is 9.03. The average molecular weight is 404 g/mol. The molecule has 1 amide bonds. The van der Waals surface area contributed by atoms with Crippen molar-refractivity contribution >= 4 is 40.0 Å². The summed E-state index contributed by atoms with van der Waals surface area (Å²) in [6, 6.07) is 9.08. The van der Waals surface area contributed by atoms with Crippen LogP contribution < -0.4 is 10.9 Å². The smallest absolute Gasteiger partial charge is 0.290 e. The van der Waals surface area contributed by atoms with E-state index in [-0.39, 0.29) is 28.5 Å². The lowest BCUT2D eigenvalue weighted by molar-refractivity contribution is -0.115. The van der Waals surface area contributed by atoms with E-state index in [1.807, 2.05) is 17.5 Å². The van der Waals surface area contributed by atoms with Crippen molar-refractivity contribution in [3.63, 3.8) is 0 Å². The van der Waals surface area contributed by atoms with Gasteiger partial charge >= 0.3 is 0 Å². The van der Waals surface area contributed by atoms with Crippen LogP contribution in [-0.2, 0) is 11.2 Å². The van der Waals surface area contributed by atoms with Gasteiger partial charge in [0.2, 0.25) is 5.91 Å². The molecule has 1 aromatic carbocycles. The summed E-state index contributed by atoms with van der Waals surface area (Å²) in [7, 11) is 0.